The highest BCUT2D eigenvalue weighted by molar-refractivity contribution is 7.98. The lowest BCUT2D eigenvalue weighted by molar-refractivity contribution is 0.0953. The van der Waals surface area contributed by atoms with E-state index in [0.29, 0.717) is 23.0 Å². The highest BCUT2D eigenvalue weighted by atomic mass is 32.2. The molecule has 2 rings (SSSR count). The number of carbonyl (C=O) groups is 1. The summed E-state index contributed by atoms with van der Waals surface area (Å²) in [5.41, 5.74) is 3.37. The van der Waals surface area contributed by atoms with Crippen LogP contribution in [0.4, 0.5) is 0 Å². The van der Waals surface area contributed by atoms with Crippen LogP contribution in [-0.2, 0) is 12.3 Å². The van der Waals surface area contributed by atoms with Gasteiger partial charge < -0.3 is 0 Å². The van der Waals surface area contributed by atoms with E-state index in [1.807, 2.05) is 13.0 Å². The van der Waals surface area contributed by atoms with E-state index >= 15 is 0 Å². The van der Waals surface area contributed by atoms with Gasteiger partial charge in [0.05, 0.1) is 0 Å². The number of H-pyrrole nitrogens is 1. The van der Waals surface area contributed by atoms with Crippen molar-refractivity contribution in [1.29, 1.82) is 0 Å². The van der Waals surface area contributed by atoms with Gasteiger partial charge in [0.25, 0.3) is 5.91 Å². The average Bonchev–Trinajstić information content (AvgIpc) is 2.86. The molecule has 0 atom stereocenters. The van der Waals surface area contributed by atoms with E-state index in [1.54, 1.807) is 22.8 Å². The second kappa shape index (κ2) is 7.09. The van der Waals surface area contributed by atoms with Gasteiger partial charge in [-0.2, -0.15) is 0 Å². The Kier molecular flexibility index (Phi) is 5.18. The van der Waals surface area contributed by atoms with Crippen molar-refractivity contribution < 1.29 is 4.79 Å². The lowest BCUT2D eigenvalue weighted by Crippen LogP contribution is -2.29. The number of nitrogens with two attached hydrogens (primary N) is 1. The molecule has 0 spiro atoms. The summed E-state index contributed by atoms with van der Waals surface area (Å²) in [4.78, 5) is 23.1. The van der Waals surface area contributed by atoms with Crippen LogP contribution >= 0.6 is 11.8 Å². The third kappa shape index (κ3) is 3.73. The molecule has 0 bridgehead atoms. The molecule has 4 N–H and O–H groups in total. The van der Waals surface area contributed by atoms with Crippen LogP contribution < -0.4 is 17.0 Å². The van der Waals surface area contributed by atoms with E-state index in [4.69, 9.17) is 5.84 Å². The maximum absolute atomic E-state index is 11.6. The molecule has 1 amide bonds. The first-order valence-electron chi connectivity index (χ1n) is 6.53. The summed E-state index contributed by atoms with van der Waals surface area (Å²) in [6.07, 6.45) is 0.860. The molecule has 8 heteroatoms. The van der Waals surface area contributed by atoms with E-state index in [1.165, 1.54) is 11.8 Å². The normalized spacial score (nSPS) is 10.6. The first kappa shape index (κ1) is 15.3. The fraction of sp³-hybridized carbons (Fsp3) is 0.308. The van der Waals surface area contributed by atoms with Crippen molar-refractivity contribution >= 4 is 17.7 Å². The molecular formula is C13H17N5O2S. The summed E-state index contributed by atoms with van der Waals surface area (Å²) in [5.74, 6) is 5.40. The zero-order valence-electron chi connectivity index (χ0n) is 11.6. The average molecular weight is 307 g/mol. The minimum absolute atomic E-state index is 0.199. The third-order valence-electron chi connectivity index (χ3n) is 2.86. The number of thioether (sulfide) groups is 1. The predicted octanol–water partition coefficient (Wildman–Crippen LogP) is 0.877. The molecule has 112 valence electrons. The Bertz CT molecular complexity index is 679. The molecule has 7 nitrogen and oxygen atoms in total. The fourth-order valence-corrected chi connectivity index (χ4v) is 2.78. The van der Waals surface area contributed by atoms with Crippen LogP contribution in [0.2, 0.25) is 0 Å². The molecule has 21 heavy (non-hydrogen) atoms. The van der Waals surface area contributed by atoms with Crippen LogP contribution in [0.25, 0.3) is 0 Å². The fourth-order valence-electron chi connectivity index (χ4n) is 1.87. The zero-order valence-corrected chi connectivity index (χ0v) is 12.4. The summed E-state index contributed by atoms with van der Waals surface area (Å²) < 4.78 is 1.61. The number of hydrogen-bond acceptors (Lipinski definition) is 5. The molecule has 0 saturated heterocycles. The van der Waals surface area contributed by atoms with Crippen molar-refractivity contribution in [3.05, 3.63) is 45.9 Å². The van der Waals surface area contributed by atoms with Gasteiger partial charge in [-0.15, -0.1) is 5.10 Å². The molecule has 0 unspecified atom stereocenters. The lowest BCUT2D eigenvalue weighted by atomic mass is 10.1. The molecule has 0 aliphatic heterocycles. The van der Waals surface area contributed by atoms with E-state index in [9.17, 15) is 9.59 Å². The second-order valence-corrected chi connectivity index (χ2v) is 5.37. The lowest BCUT2D eigenvalue weighted by Gasteiger charge is -2.05. The summed E-state index contributed by atoms with van der Waals surface area (Å²) >= 11 is 1.45. The van der Waals surface area contributed by atoms with Gasteiger partial charge >= 0.3 is 5.69 Å². The summed E-state index contributed by atoms with van der Waals surface area (Å²) in [6, 6.07) is 7.17. The third-order valence-corrected chi connectivity index (χ3v) is 3.91. The maximum Gasteiger partial charge on any atom is 0.343 e. The second-order valence-electron chi connectivity index (χ2n) is 4.43. The number of nitrogens with zero attached hydrogens (tertiary/aromatic N) is 2. The maximum atomic E-state index is 11.6. The van der Waals surface area contributed by atoms with Crippen LogP contribution in [0.1, 0.15) is 29.3 Å². The van der Waals surface area contributed by atoms with Crippen molar-refractivity contribution in [3.8, 4) is 0 Å². The number of benzene rings is 1. The molecule has 1 aromatic carbocycles. The minimum Gasteiger partial charge on any atom is -0.290 e. The van der Waals surface area contributed by atoms with Crippen molar-refractivity contribution in [1.82, 2.24) is 20.2 Å². The number of nitrogen functional groups attached to an aromatic ring is 1. The standard InChI is InChI=1S/C13H17N5O2S/c1-2-6-18-12(20)16-17-13(18)21-8-9-4-3-5-10(7-9)11(19)15-14/h3-5,7H,2,6,8,14H2,1H3,(H,15,19)(H,16,20). The Hall–Kier alpha value is -2.06. The number of aromatic nitrogens is 3. The smallest absolute Gasteiger partial charge is 0.290 e. The van der Waals surface area contributed by atoms with Crippen LogP contribution in [0.15, 0.2) is 34.2 Å². The molecule has 0 aliphatic rings. The molecule has 0 saturated carbocycles. The van der Waals surface area contributed by atoms with E-state index < -0.39 is 0 Å². The van der Waals surface area contributed by atoms with E-state index in [0.717, 1.165) is 12.0 Å². The highest BCUT2D eigenvalue weighted by Gasteiger charge is 2.09. The summed E-state index contributed by atoms with van der Waals surface area (Å²) in [6.45, 7) is 2.63. The van der Waals surface area contributed by atoms with E-state index in [-0.39, 0.29) is 11.6 Å². The minimum atomic E-state index is -0.329. The Morgan fingerprint density at radius 1 is 1.52 bits per heavy atom. The van der Waals surface area contributed by atoms with Gasteiger partial charge in [-0.25, -0.2) is 15.7 Å². The topological polar surface area (TPSA) is 106 Å². The first-order chi connectivity index (χ1) is 10.2. The van der Waals surface area contributed by atoms with Gasteiger partial charge in [-0.3, -0.25) is 14.8 Å². The Balaban J connectivity index is 2.10. The van der Waals surface area contributed by atoms with Crippen molar-refractivity contribution in [2.24, 2.45) is 5.84 Å². The number of carbonyl (C=O) groups excluding carboxylic acids is 1. The molecule has 0 radical (unpaired) electrons. The van der Waals surface area contributed by atoms with Crippen LogP contribution in [0.3, 0.4) is 0 Å². The molecule has 1 aromatic heterocycles. The Labute approximate surface area is 125 Å². The quantitative estimate of drug-likeness (QED) is 0.318. The van der Waals surface area contributed by atoms with Crippen LogP contribution in [0, 0.1) is 0 Å². The monoisotopic (exact) mass is 307 g/mol. The van der Waals surface area contributed by atoms with Crippen LogP contribution in [-0.4, -0.2) is 20.7 Å². The number of rotatable bonds is 6. The number of aromatic amines is 1. The molecule has 1 heterocycles. The van der Waals surface area contributed by atoms with Crippen molar-refractivity contribution in [2.75, 3.05) is 0 Å². The largest absolute Gasteiger partial charge is 0.343 e. The first-order valence-corrected chi connectivity index (χ1v) is 7.52. The zero-order chi connectivity index (χ0) is 15.2. The highest BCUT2D eigenvalue weighted by Crippen LogP contribution is 2.20. The molecule has 0 fully saturated rings. The van der Waals surface area contributed by atoms with Crippen molar-refractivity contribution in [3.63, 3.8) is 0 Å². The number of amides is 1. The molecule has 2 aromatic rings. The van der Waals surface area contributed by atoms with Gasteiger partial charge in [-0.1, -0.05) is 30.8 Å². The number of hydrazine groups is 1. The molecular weight excluding hydrogens is 290 g/mol. The van der Waals surface area contributed by atoms with Gasteiger partial charge in [0.15, 0.2) is 5.16 Å². The Morgan fingerprint density at radius 3 is 3.05 bits per heavy atom. The number of nitrogens with one attached hydrogen (secondary N) is 2. The van der Waals surface area contributed by atoms with Gasteiger partial charge in [0, 0.05) is 17.9 Å². The van der Waals surface area contributed by atoms with E-state index in [2.05, 4.69) is 15.6 Å². The van der Waals surface area contributed by atoms with Gasteiger partial charge in [0.1, 0.15) is 0 Å². The predicted molar refractivity (Wildman–Crippen MR) is 80.8 cm³/mol. The van der Waals surface area contributed by atoms with Crippen LogP contribution in [0.5, 0.6) is 0 Å². The summed E-state index contributed by atoms with van der Waals surface area (Å²) in [7, 11) is 0. The van der Waals surface area contributed by atoms with Gasteiger partial charge in [-0.05, 0) is 24.1 Å². The number of hydrogen-bond donors (Lipinski definition) is 3. The Morgan fingerprint density at radius 2 is 2.33 bits per heavy atom. The molecule has 0 aliphatic carbocycles. The van der Waals surface area contributed by atoms with Gasteiger partial charge in [0.2, 0.25) is 0 Å². The summed E-state index contributed by atoms with van der Waals surface area (Å²) in [5, 5.41) is 7.11. The van der Waals surface area contributed by atoms with Crippen molar-refractivity contribution in [2.45, 2.75) is 30.8 Å². The SMILES string of the molecule is CCCn1c(SCc2cccc(C(=O)NN)c2)n[nH]c1=O.